The molecule has 0 saturated carbocycles. The normalized spacial score (nSPS) is 18.0. The largest absolute Gasteiger partial charge is 0.444 e. The lowest BCUT2D eigenvalue weighted by molar-refractivity contribution is -0.124. The van der Waals surface area contributed by atoms with Crippen LogP contribution in [0.5, 0.6) is 0 Å². The molecule has 1 saturated heterocycles. The number of para-hydroxylation sites is 1. The van der Waals surface area contributed by atoms with Crippen LogP contribution in [-0.2, 0) is 9.53 Å². The first kappa shape index (κ1) is 24.7. The molecular weight excluding hydrogens is 392 g/mol. The van der Waals surface area contributed by atoms with Gasteiger partial charge in [-0.25, -0.2) is 4.79 Å². The van der Waals surface area contributed by atoms with Gasteiger partial charge < -0.3 is 14.5 Å². The molecule has 7 nitrogen and oxygen atoms in total. The van der Waals surface area contributed by atoms with Crippen LogP contribution in [0, 0.1) is 17.2 Å². The summed E-state index contributed by atoms with van der Waals surface area (Å²) < 4.78 is 5.46. The summed E-state index contributed by atoms with van der Waals surface area (Å²) in [4.78, 5) is 31.2. The van der Waals surface area contributed by atoms with Crippen molar-refractivity contribution in [1.82, 2.24) is 9.80 Å². The quantitative estimate of drug-likeness (QED) is 0.658. The van der Waals surface area contributed by atoms with E-state index in [2.05, 4.69) is 11.0 Å². The van der Waals surface area contributed by atoms with Crippen molar-refractivity contribution in [2.24, 2.45) is 5.92 Å². The van der Waals surface area contributed by atoms with E-state index < -0.39 is 5.60 Å². The minimum atomic E-state index is -0.519. The summed E-state index contributed by atoms with van der Waals surface area (Å²) in [6.45, 7) is 10.1. The van der Waals surface area contributed by atoms with Crippen LogP contribution in [0.4, 0.5) is 10.5 Å². The molecule has 1 aromatic rings. The van der Waals surface area contributed by atoms with Crippen LogP contribution in [0.3, 0.4) is 0 Å². The highest BCUT2D eigenvalue weighted by Gasteiger charge is 2.32. The monoisotopic (exact) mass is 428 g/mol. The Labute approximate surface area is 186 Å². The Morgan fingerprint density at radius 2 is 1.97 bits per heavy atom. The number of likely N-dealkylation sites (tertiary alicyclic amines) is 1. The zero-order valence-corrected chi connectivity index (χ0v) is 19.5. The second-order valence-electron chi connectivity index (χ2n) is 9.27. The Morgan fingerprint density at radius 1 is 1.29 bits per heavy atom. The predicted octanol–water partition coefficient (Wildman–Crippen LogP) is 3.90. The van der Waals surface area contributed by atoms with Gasteiger partial charge >= 0.3 is 6.09 Å². The first-order chi connectivity index (χ1) is 14.6. The Hall–Kier alpha value is -2.59. The SMILES string of the molecule is CC(C(=O)N(CCC#N)c1ccccc1)N1CCCC(CN(C)C(=O)OC(C)(C)C)C1. The molecule has 31 heavy (non-hydrogen) atoms. The number of nitrogens with zero attached hydrogens (tertiary/aromatic N) is 4. The van der Waals surface area contributed by atoms with Crippen molar-refractivity contribution >= 4 is 17.7 Å². The van der Waals surface area contributed by atoms with Gasteiger partial charge in [0.15, 0.2) is 0 Å². The van der Waals surface area contributed by atoms with Gasteiger partial charge in [-0.05, 0) is 65.1 Å². The van der Waals surface area contributed by atoms with Gasteiger partial charge in [0.1, 0.15) is 5.60 Å². The maximum absolute atomic E-state index is 13.3. The van der Waals surface area contributed by atoms with Crippen molar-refractivity contribution in [3.8, 4) is 6.07 Å². The topological polar surface area (TPSA) is 76.9 Å². The molecule has 170 valence electrons. The Bertz CT molecular complexity index is 769. The Morgan fingerprint density at radius 3 is 2.58 bits per heavy atom. The molecule has 0 spiro atoms. The highest BCUT2D eigenvalue weighted by atomic mass is 16.6. The lowest BCUT2D eigenvalue weighted by Gasteiger charge is -2.39. The third kappa shape index (κ3) is 7.55. The van der Waals surface area contributed by atoms with Crippen LogP contribution in [0.25, 0.3) is 0 Å². The van der Waals surface area contributed by atoms with Gasteiger partial charge in [-0.3, -0.25) is 9.69 Å². The van der Waals surface area contributed by atoms with Crippen LogP contribution >= 0.6 is 0 Å². The van der Waals surface area contributed by atoms with Gasteiger partial charge in [0.05, 0.1) is 18.5 Å². The van der Waals surface area contributed by atoms with Crippen molar-refractivity contribution < 1.29 is 14.3 Å². The van der Waals surface area contributed by atoms with Gasteiger partial charge in [0.25, 0.3) is 0 Å². The Balaban J connectivity index is 2.01. The summed E-state index contributed by atoms with van der Waals surface area (Å²) >= 11 is 0. The summed E-state index contributed by atoms with van der Waals surface area (Å²) in [5, 5.41) is 9.02. The van der Waals surface area contributed by atoms with E-state index in [0.29, 0.717) is 13.1 Å². The van der Waals surface area contributed by atoms with Crippen molar-refractivity contribution in [3.63, 3.8) is 0 Å². The van der Waals surface area contributed by atoms with E-state index in [1.807, 2.05) is 58.0 Å². The molecule has 0 radical (unpaired) electrons. The number of benzene rings is 1. The van der Waals surface area contributed by atoms with E-state index in [0.717, 1.165) is 31.6 Å². The summed E-state index contributed by atoms with van der Waals surface area (Å²) in [6, 6.07) is 11.4. The molecule has 0 bridgehead atoms. The van der Waals surface area contributed by atoms with Gasteiger partial charge in [0, 0.05) is 32.4 Å². The van der Waals surface area contributed by atoms with E-state index in [1.165, 1.54) is 0 Å². The second-order valence-corrected chi connectivity index (χ2v) is 9.27. The summed E-state index contributed by atoms with van der Waals surface area (Å²) in [5.74, 6) is 0.286. The third-order valence-corrected chi connectivity index (χ3v) is 5.47. The highest BCUT2D eigenvalue weighted by molar-refractivity contribution is 5.97. The van der Waals surface area contributed by atoms with Crippen molar-refractivity contribution in [1.29, 1.82) is 5.26 Å². The minimum absolute atomic E-state index is 0.00240. The van der Waals surface area contributed by atoms with Crippen LogP contribution < -0.4 is 4.90 Å². The number of amides is 2. The number of hydrogen-bond donors (Lipinski definition) is 0. The maximum Gasteiger partial charge on any atom is 0.410 e. The van der Waals surface area contributed by atoms with Crippen LogP contribution in [0.1, 0.15) is 47.0 Å². The molecule has 0 aliphatic carbocycles. The molecule has 1 aromatic carbocycles. The smallest absolute Gasteiger partial charge is 0.410 e. The summed E-state index contributed by atoms with van der Waals surface area (Å²) in [5.41, 5.74) is 0.294. The number of hydrogen-bond acceptors (Lipinski definition) is 5. The highest BCUT2D eigenvalue weighted by Crippen LogP contribution is 2.23. The number of carbonyl (C=O) groups excluding carboxylic acids is 2. The Kier molecular flexibility index (Phi) is 8.88. The molecule has 0 N–H and O–H groups in total. The number of carbonyl (C=O) groups is 2. The van der Waals surface area contributed by atoms with Crippen LogP contribution in [0.15, 0.2) is 30.3 Å². The zero-order chi connectivity index (χ0) is 23.0. The van der Waals surface area contributed by atoms with Crippen LogP contribution in [-0.4, -0.2) is 66.7 Å². The fraction of sp³-hybridized carbons (Fsp3) is 0.625. The average Bonchev–Trinajstić information content (AvgIpc) is 2.73. The van der Waals surface area contributed by atoms with Crippen LogP contribution in [0.2, 0.25) is 0 Å². The molecular formula is C24H36N4O3. The number of rotatable bonds is 7. The first-order valence-electron chi connectivity index (χ1n) is 11.0. The van der Waals surface area contributed by atoms with Crippen molar-refractivity contribution in [3.05, 3.63) is 30.3 Å². The summed E-state index contributed by atoms with van der Waals surface area (Å²) in [6.07, 6.45) is 1.96. The zero-order valence-electron chi connectivity index (χ0n) is 19.5. The van der Waals surface area contributed by atoms with Gasteiger partial charge in [-0.2, -0.15) is 5.26 Å². The number of ether oxygens (including phenoxy) is 1. The molecule has 1 aliphatic heterocycles. The minimum Gasteiger partial charge on any atom is -0.444 e. The molecule has 2 rings (SSSR count). The van der Waals surface area contributed by atoms with Gasteiger partial charge in [-0.15, -0.1) is 0 Å². The lowest BCUT2D eigenvalue weighted by atomic mass is 9.96. The molecule has 2 amide bonds. The average molecular weight is 429 g/mol. The number of anilines is 1. The second kappa shape index (κ2) is 11.1. The maximum atomic E-state index is 13.3. The molecule has 7 heteroatoms. The molecule has 1 heterocycles. The lowest BCUT2D eigenvalue weighted by Crippen LogP contribution is -2.52. The van der Waals surface area contributed by atoms with E-state index in [1.54, 1.807) is 16.8 Å². The van der Waals surface area contributed by atoms with E-state index >= 15 is 0 Å². The standard InChI is InChI=1S/C24H36N4O3/c1-19(22(29)28(16-10-14-25)21-12-7-6-8-13-21)27-15-9-11-20(18-27)17-26(5)23(30)31-24(2,3)4/h6-8,12-13,19-20H,9-11,15-18H2,1-5H3. The van der Waals surface area contributed by atoms with Gasteiger partial charge in [0.2, 0.25) is 5.91 Å². The van der Waals surface area contributed by atoms with E-state index in [9.17, 15) is 9.59 Å². The van der Waals surface area contributed by atoms with Crippen molar-refractivity contribution in [2.45, 2.75) is 58.6 Å². The fourth-order valence-electron chi connectivity index (χ4n) is 3.92. The van der Waals surface area contributed by atoms with E-state index in [-0.39, 0.29) is 30.4 Å². The third-order valence-electron chi connectivity index (χ3n) is 5.47. The summed E-state index contributed by atoms with van der Waals surface area (Å²) in [7, 11) is 1.76. The molecule has 2 atom stereocenters. The first-order valence-corrected chi connectivity index (χ1v) is 11.0. The number of piperidine rings is 1. The molecule has 1 fully saturated rings. The molecule has 1 aliphatic rings. The molecule has 2 unspecified atom stereocenters. The fourth-order valence-corrected chi connectivity index (χ4v) is 3.92. The van der Waals surface area contributed by atoms with Gasteiger partial charge in [-0.1, -0.05) is 18.2 Å². The van der Waals surface area contributed by atoms with Crippen molar-refractivity contribution in [2.75, 3.05) is 38.1 Å². The molecule has 0 aromatic heterocycles. The predicted molar refractivity (Wildman–Crippen MR) is 122 cm³/mol. The van der Waals surface area contributed by atoms with E-state index in [4.69, 9.17) is 10.00 Å². The number of nitriles is 1.